The number of hydrogen-bond acceptors (Lipinski definition) is 2. The number of ether oxygens (including phenoxy) is 1. The maximum absolute atomic E-state index is 13.1. The normalized spacial score (nSPS) is 15.3. The molecule has 108 valence electrons. The summed E-state index contributed by atoms with van der Waals surface area (Å²) in [5.74, 6) is -1.28. The van der Waals surface area contributed by atoms with Gasteiger partial charge in [0.1, 0.15) is 5.82 Å². The van der Waals surface area contributed by atoms with Gasteiger partial charge >= 0.3 is 6.18 Å². The van der Waals surface area contributed by atoms with Crippen LogP contribution in [0.2, 0.25) is 0 Å². The van der Waals surface area contributed by atoms with Gasteiger partial charge < -0.3 is 10.5 Å². The van der Waals surface area contributed by atoms with Crippen molar-refractivity contribution >= 4 is 0 Å². The third-order valence-electron chi connectivity index (χ3n) is 3.01. The quantitative estimate of drug-likeness (QED) is 0.835. The van der Waals surface area contributed by atoms with Crippen LogP contribution in [0, 0.1) is 5.82 Å². The average molecular weight is 279 g/mol. The van der Waals surface area contributed by atoms with Gasteiger partial charge in [-0.3, -0.25) is 0 Å². The van der Waals surface area contributed by atoms with E-state index in [0.29, 0.717) is 12.8 Å². The maximum Gasteiger partial charge on any atom is 0.419 e. The lowest BCUT2D eigenvalue weighted by Crippen LogP contribution is -2.16. The lowest BCUT2D eigenvalue weighted by atomic mass is 9.99. The Morgan fingerprint density at radius 1 is 1.26 bits per heavy atom. The third kappa shape index (κ3) is 4.47. The highest BCUT2D eigenvalue weighted by atomic mass is 19.4. The van der Waals surface area contributed by atoms with Crippen LogP contribution in [-0.4, -0.2) is 13.2 Å². The molecule has 0 amide bonds. The van der Waals surface area contributed by atoms with E-state index in [4.69, 9.17) is 10.5 Å². The molecule has 0 aliphatic carbocycles. The Labute approximate surface area is 109 Å². The molecule has 19 heavy (non-hydrogen) atoms. The SMILES string of the molecule is COC(C)CCC(N)c1ccc(F)c(C(F)(F)F)c1. The van der Waals surface area contributed by atoms with Gasteiger partial charge in [0.2, 0.25) is 0 Å². The second-order valence-corrected chi connectivity index (χ2v) is 4.47. The van der Waals surface area contributed by atoms with Crippen molar-refractivity contribution in [1.29, 1.82) is 0 Å². The molecule has 0 aliphatic rings. The van der Waals surface area contributed by atoms with Crippen LogP contribution in [0.1, 0.15) is 36.9 Å². The van der Waals surface area contributed by atoms with Crippen molar-refractivity contribution in [3.63, 3.8) is 0 Å². The van der Waals surface area contributed by atoms with Crippen molar-refractivity contribution in [2.24, 2.45) is 5.73 Å². The Hall–Kier alpha value is -1.14. The molecule has 1 aromatic carbocycles. The van der Waals surface area contributed by atoms with Gasteiger partial charge in [0.15, 0.2) is 0 Å². The van der Waals surface area contributed by atoms with Gasteiger partial charge in [-0.2, -0.15) is 13.2 Å². The molecule has 0 bridgehead atoms. The van der Waals surface area contributed by atoms with E-state index in [9.17, 15) is 17.6 Å². The van der Waals surface area contributed by atoms with E-state index in [2.05, 4.69) is 0 Å². The number of benzene rings is 1. The monoisotopic (exact) mass is 279 g/mol. The van der Waals surface area contributed by atoms with Crippen molar-refractivity contribution in [1.82, 2.24) is 0 Å². The number of methoxy groups -OCH3 is 1. The van der Waals surface area contributed by atoms with Crippen molar-refractivity contribution < 1.29 is 22.3 Å². The smallest absolute Gasteiger partial charge is 0.382 e. The van der Waals surface area contributed by atoms with Crippen LogP contribution in [0.3, 0.4) is 0 Å². The topological polar surface area (TPSA) is 35.2 Å². The van der Waals surface area contributed by atoms with Crippen molar-refractivity contribution in [2.75, 3.05) is 7.11 Å². The van der Waals surface area contributed by atoms with E-state index >= 15 is 0 Å². The Bertz CT molecular complexity index is 420. The van der Waals surface area contributed by atoms with E-state index in [0.717, 1.165) is 12.1 Å². The van der Waals surface area contributed by atoms with E-state index in [1.807, 2.05) is 6.92 Å². The standard InChI is InChI=1S/C13H17F4NO/c1-8(19-2)3-6-12(18)9-4-5-11(14)10(7-9)13(15,16)17/h4-5,7-8,12H,3,6,18H2,1-2H3. The maximum atomic E-state index is 13.1. The number of hydrogen-bond donors (Lipinski definition) is 1. The summed E-state index contributed by atoms with van der Waals surface area (Å²) in [7, 11) is 1.55. The van der Waals surface area contributed by atoms with Crippen LogP contribution < -0.4 is 5.73 Å². The number of rotatable bonds is 5. The molecular weight excluding hydrogens is 262 g/mol. The van der Waals surface area contributed by atoms with Crippen LogP contribution >= 0.6 is 0 Å². The van der Waals surface area contributed by atoms with Gasteiger partial charge in [-0.05, 0) is 37.5 Å². The molecule has 0 radical (unpaired) electrons. The van der Waals surface area contributed by atoms with Crippen LogP contribution in [0.25, 0.3) is 0 Å². The molecule has 2 atom stereocenters. The molecule has 0 heterocycles. The van der Waals surface area contributed by atoms with Gasteiger partial charge in [-0.25, -0.2) is 4.39 Å². The van der Waals surface area contributed by atoms with E-state index < -0.39 is 23.6 Å². The summed E-state index contributed by atoms with van der Waals surface area (Å²) in [4.78, 5) is 0. The Morgan fingerprint density at radius 3 is 2.42 bits per heavy atom. The summed E-state index contributed by atoms with van der Waals surface area (Å²) >= 11 is 0. The number of halogens is 4. The summed E-state index contributed by atoms with van der Waals surface area (Å²) in [5.41, 5.74) is 4.81. The number of nitrogens with two attached hydrogens (primary N) is 1. The fourth-order valence-electron chi connectivity index (χ4n) is 1.69. The first-order valence-corrected chi connectivity index (χ1v) is 5.90. The zero-order chi connectivity index (χ0) is 14.6. The zero-order valence-electron chi connectivity index (χ0n) is 10.8. The van der Waals surface area contributed by atoms with E-state index in [1.54, 1.807) is 7.11 Å². The summed E-state index contributed by atoms with van der Waals surface area (Å²) in [6.07, 6.45) is -3.64. The minimum atomic E-state index is -4.71. The average Bonchev–Trinajstić information content (AvgIpc) is 2.34. The number of alkyl halides is 3. The summed E-state index contributed by atoms with van der Waals surface area (Å²) in [6, 6.07) is 2.29. The molecule has 0 fully saturated rings. The second kappa shape index (κ2) is 6.34. The molecule has 0 aromatic heterocycles. The fourth-order valence-corrected chi connectivity index (χ4v) is 1.69. The van der Waals surface area contributed by atoms with E-state index in [-0.39, 0.29) is 11.7 Å². The molecule has 1 rings (SSSR count). The third-order valence-corrected chi connectivity index (χ3v) is 3.01. The van der Waals surface area contributed by atoms with Crippen molar-refractivity contribution in [3.05, 3.63) is 35.1 Å². The Balaban J connectivity index is 2.84. The molecule has 2 nitrogen and oxygen atoms in total. The first kappa shape index (κ1) is 15.9. The molecule has 0 spiro atoms. The Kier molecular flexibility index (Phi) is 5.31. The first-order valence-electron chi connectivity index (χ1n) is 5.90. The Morgan fingerprint density at radius 2 is 1.89 bits per heavy atom. The zero-order valence-corrected chi connectivity index (χ0v) is 10.8. The van der Waals surface area contributed by atoms with Gasteiger partial charge in [0.25, 0.3) is 0 Å². The molecule has 1 aromatic rings. The molecule has 2 unspecified atom stereocenters. The predicted octanol–water partition coefficient (Wildman–Crippen LogP) is 3.66. The lowest BCUT2D eigenvalue weighted by molar-refractivity contribution is -0.140. The molecule has 0 saturated carbocycles. The highest BCUT2D eigenvalue weighted by Crippen LogP contribution is 2.33. The van der Waals surface area contributed by atoms with Crippen molar-refractivity contribution in [2.45, 2.75) is 38.1 Å². The van der Waals surface area contributed by atoms with Crippen LogP contribution in [0.5, 0.6) is 0 Å². The fraction of sp³-hybridized carbons (Fsp3) is 0.538. The van der Waals surface area contributed by atoms with Gasteiger partial charge in [0, 0.05) is 13.2 Å². The van der Waals surface area contributed by atoms with Crippen LogP contribution in [0.4, 0.5) is 17.6 Å². The predicted molar refractivity (Wildman–Crippen MR) is 64.0 cm³/mol. The molecule has 2 N–H and O–H groups in total. The largest absolute Gasteiger partial charge is 0.419 e. The van der Waals surface area contributed by atoms with Crippen LogP contribution in [-0.2, 0) is 10.9 Å². The van der Waals surface area contributed by atoms with Gasteiger partial charge in [-0.15, -0.1) is 0 Å². The van der Waals surface area contributed by atoms with E-state index in [1.165, 1.54) is 6.07 Å². The lowest BCUT2D eigenvalue weighted by Gasteiger charge is -2.17. The highest BCUT2D eigenvalue weighted by Gasteiger charge is 2.34. The highest BCUT2D eigenvalue weighted by molar-refractivity contribution is 5.29. The molecular formula is C13H17F4NO. The minimum Gasteiger partial charge on any atom is -0.382 e. The second-order valence-electron chi connectivity index (χ2n) is 4.47. The van der Waals surface area contributed by atoms with Crippen molar-refractivity contribution in [3.8, 4) is 0 Å². The molecule has 0 saturated heterocycles. The minimum absolute atomic E-state index is 0.0198. The summed E-state index contributed by atoms with van der Waals surface area (Å²) < 4.78 is 55.8. The van der Waals surface area contributed by atoms with Gasteiger partial charge in [-0.1, -0.05) is 6.07 Å². The van der Waals surface area contributed by atoms with Crippen LogP contribution in [0.15, 0.2) is 18.2 Å². The van der Waals surface area contributed by atoms with Gasteiger partial charge in [0.05, 0.1) is 11.7 Å². The summed E-state index contributed by atoms with van der Waals surface area (Å²) in [5, 5.41) is 0. The molecule has 0 aliphatic heterocycles. The summed E-state index contributed by atoms with van der Waals surface area (Å²) in [6.45, 7) is 1.85. The molecule has 6 heteroatoms. The first-order chi connectivity index (χ1) is 8.75.